The largest absolute Gasteiger partial charge is 0.326 e. The van der Waals surface area contributed by atoms with Crippen molar-refractivity contribution in [3.8, 4) is 0 Å². The molecule has 1 N–H and O–H groups in total. The van der Waals surface area contributed by atoms with Gasteiger partial charge >= 0.3 is 0 Å². The predicted molar refractivity (Wildman–Crippen MR) is 72.9 cm³/mol. The molecule has 4 heteroatoms. The smallest absolute Gasteiger partial charge is 0.207 e. The number of hydrogen-bond donors (Lipinski definition) is 1. The minimum atomic E-state index is 0.660. The SMILES string of the molecule is Ic1cccc(Nc2nccn2C2CC2)c1. The number of aromatic nitrogens is 2. The third kappa shape index (κ3) is 2.07. The van der Waals surface area contributed by atoms with Gasteiger partial charge in [-0.1, -0.05) is 6.07 Å². The molecule has 0 amide bonds. The lowest BCUT2D eigenvalue weighted by Crippen LogP contribution is -2.01. The average Bonchev–Trinajstić information content (AvgIpc) is 3.00. The van der Waals surface area contributed by atoms with E-state index in [-0.39, 0.29) is 0 Å². The predicted octanol–water partition coefficient (Wildman–Crippen LogP) is 3.57. The van der Waals surface area contributed by atoms with Gasteiger partial charge < -0.3 is 9.88 Å². The van der Waals surface area contributed by atoms with Crippen molar-refractivity contribution in [3.63, 3.8) is 0 Å². The Hall–Kier alpha value is -1.04. The zero-order valence-electron chi connectivity index (χ0n) is 8.73. The van der Waals surface area contributed by atoms with E-state index in [2.05, 4.69) is 61.7 Å². The van der Waals surface area contributed by atoms with Crippen LogP contribution in [0.2, 0.25) is 0 Å². The summed E-state index contributed by atoms with van der Waals surface area (Å²) >= 11 is 2.31. The number of nitrogens with zero attached hydrogens (tertiary/aromatic N) is 2. The molecule has 0 bridgehead atoms. The molecule has 16 heavy (non-hydrogen) atoms. The van der Waals surface area contributed by atoms with E-state index in [9.17, 15) is 0 Å². The van der Waals surface area contributed by atoms with Gasteiger partial charge in [0.15, 0.2) is 0 Å². The summed E-state index contributed by atoms with van der Waals surface area (Å²) in [5.74, 6) is 0.949. The van der Waals surface area contributed by atoms with Gasteiger partial charge in [-0.3, -0.25) is 0 Å². The zero-order chi connectivity index (χ0) is 11.0. The van der Waals surface area contributed by atoms with Crippen molar-refractivity contribution in [2.45, 2.75) is 18.9 Å². The summed E-state index contributed by atoms with van der Waals surface area (Å²) in [6.07, 6.45) is 6.46. The van der Waals surface area contributed by atoms with Gasteiger partial charge in [0.1, 0.15) is 0 Å². The first kappa shape index (κ1) is 10.1. The monoisotopic (exact) mass is 325 g/mol. The van der Waals surface area contributed by atoms with Crippen LogP contribution < -0.4 is 5.32 Å². The molecule has 1 saturated carbocycles. The van der Waals surface area contributed by atoms with Gasteiger partial charge in [0, 0.05) is 27.7 Å². The zero-order valence-corrected chi connectivity index (χ0v) is 10.9. The van der Waals surface area contributed by atoms with Crippen molar-refractivity contribution >= 4 is 34.2 Å². The van der Waals surface area contributed by atoms with Gasteiger partial charge in [0.2, 0.25) is 5.95 Å². The number of rotatable bonds is 3. The van der Waals surface area contributed by atoms with E-state index < -0.39 is 0 Å². The average molecular weight is 325 g/mol. The molecule has 82 valence electrons. The summed E-state index contributed by atoms with van der Waals surface area (Å²) in [5.41, 5.74) is 1.10. The van der Waals surface area contributed by atoms with E-state index in [4.69, 9.17) is 0 Å². The van der Waals surface area contributed by atoms with Crippen LogP contribution >= 0.6 is 22.6 Å². The van der Waals surface area contributed by atoms with E-state index in [0.29, 0.717) is 6.04 Å². The van der Waals surface area contributed by atoms with Gasteiger partial charge in [-0.25, -0.2) is 4.98 Å². The number of halogens is 1. The third-order valence-electron chi connectivity index (χ3n) is 2.69. The van der Waals surface area contributed by atoms with Gasteiger partial charge in [0.25, 0.3) is 0 Å². The van der Waals surface area contributed by atoms with Crippen molar-refractivity contribution in [1.82, 2.24) is 9.55 Å². The molecule has 1 aliphatic rings. The van der Waals surface area contributed by atoms with Crippen LogP contribution in [-0.2, 0) is 0 Å². The maximum Gasteiger partial charge on any atom is 0.207 e. The molecule has 3 nitrogen and oxygen atoms in total. The highest BCUT2D eigenvalue weighted by atomic mass is 127. The number of hydrogen-bond acceptors (Lipinski definition) is 2. The van der Waals surface area contributed by atoms with Crippen LogP contribution in [0.25, 0.3) is 0 Å². The highest BCUT2D eigenvalue weighted by Crippen LogP contribution is 2.37. The Labute approximate surface area is 108 Å². The van der Waals surface area contributed by atoms with Gasteiger partial charge in [0.05, 0.1) is 0 Å². The molecular formula is C12H12IN3. The molecule has 0 spiro atoms. The van der Waals surface area contributed by atoms with Crippen molar-refractivity contribution in [2.75, 3.05) is 5.32 Å². The Balaban J connectivity index is 1.85. The molecule has 0 saturated heterocycles. The first-order valence-electron chi connectivity index (χ1n) is 5.38. The van der Waals surface area contributed by atoms with Gasteiger partial charge in [-0.05, 0) is 53.6 Å². The standard InChI is InChI=1S/C12H12IN3/c13-9-2-1-3-10(8-9)15-12-14-6-7-16(12)11-4-5-11/h1-3,6-8,11H,4-5H2,(H,14,15). The summed E-state index contributed by atoms with van der Waals surface area (Å²) in [6, 6.07) is 8.97. The lowest BCUT2D eigenvalue weighted by molar-refractivity contribution is 0.751. The fourth-order valence-electron chi connectivity index (χ4n) is 1.75. The van der Waals surface area contributed by atoms with Crippen LogP contribution in [0.5, 0.6) is 0 Å². The number of anilines is 2. The normalized spacial score (nSPS) is 15.1. The minimum absolute atomic E-state index is 0.660. The molecule has 0 radical (unpaired) electrons. The first-order chi connectivity index (χ1) is 7.83. The van der Waals surface area contributed by atoms with E-state index in [1.807, 2.05) is 12.4 Å². The van der Waals surface area contributed by atoms with E-state index >= 15 is 0 Å². The highest BCUT2D eigenvalue weighted by molar-refractivity contribution is 14.1. The minimum Gasteiger partial charge on any atom is -0.326 e. The second kappa shape index (κ2) is 4.08. The van der Waals surface area contributed by atoms with E-state index in [1.54, 1.807) is 0 Å². The number of imidazole rings is 1. The van der Waals surface area contributed by atoms with Crippen LogP contribution in [-0.4, -0.2) is 9.55 Å². The summed E-state index contributed by atoms with van der Waals surface area (Å²) in [6.45, 7) is 0. The number of nitrogens with one attached hydrogen (secondary N) is 1. The second-order valence-electron chi connectivity index (χ2n) is 4.02. The lowest BCUT2D eigenvalue weighted by atomic mass is 10.3. The molecule has 1 aromatic heterocycles. The molecule has 3 rings (SSSR count). The highest BCUT2D eigenvalue weighted by Gasteiger charge is 2.25. The lowest BCUT2D eigenvalue weighted by Gasteiger charge is -2.08. The Kier molecular flexibility index (Phi) is 2.59. The maximum atomic E-state index is 4.35. The van der Waals surface area contributed by atoms with Gasteiger partial charge in [-0.15, -0.1) is 0 Å². The van der Waals surface area contributed by atoms with E-state index in [1.165, 1.54) is 16.4 Å². The van der Waals surface area contributed by atoms with Crippen LogP contribution in [0.1, 0.15) is 18.9 Å². The maximum absolute atomic E-state index is 4.35. The topological polar surface area (TPSA) is 29.9 Å². The third-order valence-corrected chi connectivity index (χ3v) is 3.36. The van der Waals surface area contributed by atoms with Crippen molar-refractivity contribution in [1.29, 1.82) is 0 Å². The summed E-state index contributed by atoms with van der Waals surface area (Å²) in [4.78, 5) is 4.35. The fraction of sp³-hybridized carbons (Fsp3) is 0.250. The Bertz CT molecular complexity index is 502. The molecule has 1 aliphatic carbocycles. The fourth-order valence-corrected chi connectivity index (χ4v) is 2.30. The number of benzene rings is 1. The van der Waals surface area contributed by atoms with Crippen LogP contribution in [0, 0.1) is 3.57 Å². The quantitative estimate of drug-likeness (QED) is 0.875. The van der Waals surface area contributed by atoms with Crippen LogP contribution in [0.3, 0.4) is 0 Å². The summed E-state index contributed by atoms with van der Waals surface area (Å²) in [5, 5.41) is 3.36. The Morgan fingerprint density at radius 3 is 3.00 bits per heavy atom. The summed E-state index contributed by atoms with van der Waals surface area (Å²) < 4.78 is 3.45. The molecule has 2 aromatic rings. The van der Waals surface area contributed by atoms with Crippen LogP contribution in [0.4, 0.5) is 11.6 Å². The molecule has 1 fully saturated rings. The summed E-state index contributed by atoms with van der Waals surface area (Å²) in [7, 11) is 0. The molecule has 0 unspecified atom stereocenters. The molecule has 1 aromatic carbocycles. The molecule has 0 aliphatic heterocycles. The van der Waals surface area contributed by atoms with Gasteiger partial charge in [-0.2, -0.15) is 0 Å². The molecule has 0 atom stereocenters. The second-order valence-corrected chi connectivity index (χ2v) is 5.27. The van der Waals surface area contributed by atoms with Crippen molar-refractivity contribution < 1.29 is 0 Å². The molecule has 1 heterocycles. The van der Waals surface area contributed by atoms with Crippen molar-refractivity contribution in [3.05, 3.63) is 40.2 Å². The first-order valence-corrected chi connectivity index (χ1v) is 6.46. The van der Waals surface area contributed by atoms with Crippen molar-refractivity contribution in [2.24, 2.45) is 0 Å². The van der Waals surface area contributed by atoms with Crippen LogP contribution in [0.15, 0.2) is 36.7 Å². The Morgan fingerprint density at radius 1 is 1.38 bits per heavy atom. The van der Waals surface area contributed by atoms with E-state index in [0.717, 1.165) is 11.6 Å². The molecular weight excluding hydrogens is 313 g/mol. The Morgan fingerprint density at radius 2 is 2.25 bits per heavy atom.